The largest absolute Gasteiger partial charge is 0.439 e. The molecule has 0 unspecified atom stereocenters. The van der Waals surface area contributed by atoms with Crippen LogP contribution in [0.3, 0.4) is 0 Å². The topological polar surface area (TPSA) is 101 Å². The molecule has 160 valence electrons. The van der Waals surface area contributed by atoms with Crippen LogP contribution < -0.4 is 21.9 Å². The molecule has 2 aromatic carbocycles. The number of nitrogen functional groups attached to an aromatic ring is 2. The van der Waals surface area contributed by atoms with Crippen LogP contribution in [0.4, 0.5) is 11.5 Å². The van der Waals surface area contributed by atoms with Gasteiger partial charge in [-0.05, 0) is 47.4 Å². The first kappa shape index (κ1) is 20.5. The molecule has 4 rings (SSSR count). The van der Waals surface area contributed by atoms with Crippen molar-refractivity contribution < 1.29 is 4.74 Å². The van der Waals surface area contributed by atoms with E-state index in [1.54, 1.807) is 41.9 Å². The molecule has 0 aliphatic rings. The van der Waals surface area contributed by atoms with Gasteiger partial charge in [0.25, 0.3) is 0 Å². The van der Waals surface area contributed by atoms with Gasteiger partial charge in [0.1, 0.15) is 11.6 Å². The third kappa shape index (κ3) is 4.12. The lowest BCUT2D eigenvalue weighted by Gasteiger charge is -2.18. The summed E-state index contributed by atoms with van der Waals surface area (Å²) in [5, 5.41) is 0. The number of benzene rings is 2. The van der Waals surface area contributed by atoms with E-state index in [1.165, 1.54) is 0 Å². The number of pyridine rings is 1. The van der Waals surface area contributed by atoms with Crippen molar-refractivity contribution in [3.05, 3.63) is 65.1 Å². The second-order valence-electron chi connectivity index (χ2n) is 8.94. The summed E-state index contributed by atoms with van der Waals surface area (Å²) in [7, 11) is 1.79. The number of ether oxygens (including phenoxy) is 1. The van der Waals surface area contributed by atoms with Gasteiger partial charge in [0.05, 0.1) is 11.0 Å². The van der Waals surface area contributed by atoms with Crippen molar-refractivity contribution in [1.82, 2.24) is 14.1 Å². The van der Waals surface area contributed by atoms with Crippen LogP contribution in [0.25, 0.3) is 22.2 Å². The number of nitrogens with zero attached hydrogens (tertiary/aromatic N) is 3. The van der Waals surface area contributed by atoms with Crippen LogP contribution in [0.2, 0.25) is 0 Å². The summed E-state index contributed by atoms with van der Waals surface area (Å²) in [4.78, 5) is 17.0. The summed E-state index contributed by atoms with van der Waals surface area (Å²) in [5.74, 6) is 1.40. The van der Waals surface area contributed by atoms with Crippen molar-refractivity contribution >= 4 is 22.5 Å². The molecule has 2 heterocycles. The standard InChI is InChI=1S/C24H27N5O2/c1-24(2,3)14-29-19-11-8-15(12-20(19)28(4)23(29)30)17-13-16(9-10-18(17)25)31-22-7-5-6-21(26)27-22/h5-13H,14,25H2,1-4H3,(H2,26,27). The Kier molecular flexibility index (Phi) is 4.97. The molecule has 4 N–H and O–H groups in total. The van der Waals surface area contributed by atoms with Crippen molar-refractivity contribution in [2.45, 2.75) is 27.3 Å². The van der Waals surface area contributed by atoms with Crippen molar-refractivity contribution in [3.8, 4) is 22.8 Å². The van der Waals surface area contributed by atoms with Gasteiger partial charge in [0.2, 0.25) is 5.88 Å². The lowest BCUT2D eigenvalue weighted by Crippen LogP contribution is -2.27. The van der Waals surface area contributed by atoms with Crippen LogP contribution in [0.15, 0.2) is 59.4 Å². The Bertz CT molecular complexity index is 1330. The van der Waals surface area contributed by atoms with Gasteiger partial charge in [-0.25, -0.2) is 4.79 Å². The first-order valence-electron chi connectivity index (χ1n) is 10.1. The molecule has 4 aromatic rings. The van der Waals surface area contributed by atoms with E-state index in [2.05, 4.69) is 25.8 Å². The van der Waals surface area contributed by atoms with E-state index in [0.29, 0.717) is 29.7 Å². The number of aromatic nitrogens is 3. The number of imidazole rings is 1. The van der Waals surface area contributed by atoms with Gasteiger partial charge in [0, 0.05) is 30.9 Å². The Morgan fingerprint density at radius 1 is 1.00 bits per heavy atom. The highest BCUT2D eigenvalue weighted by atomic mass is 16.5. The highest BCUT2D eigenvalue weighted by molar-refractivity contribution is 5.86. The first-order chi connectivity index (χ1) is 14.6. The molecule has 0 aliphatic heterocycles. The zero-order valence-electron chi connectivity index (χ0n) is 18.2. The van der Waals surface area contributed by atoms with Gasteiger partial charge in [-0.15, -0.1) is 0 Å². The molecule has 0 radical (unpaired) electrons. The molecule has 0 saturated carbocycles. The van der Waals surface area contributed by atoms with Crippen LogP contribution >= 0.6 is 0 Å². The molecule has 0 fully saturated rings. The molecule has 31 heavy (non-hydrogen) atoms. The molecular weight excluding hydrogens is 390 g/mol. The maximum absolute atomic E-state index is 12.8. The second kappa shape index (κ2) is 7.50. The van der Waals surface area contributed by atoms with Crippen LogP contribution in [-0.4, -0.2) is 14.1 Å². The predicted octanol–water partition coefficient (Wildman–Crippen LogP) is 4.40. The zero-order valence-corrected chi connectivity index (χ0v) is 18.2. The number of hydrogen-bond acceptors (Lipinski definition) is 5. The fourth-order valence-corrected chi connectivity index (χ4v) is 3.66. The molecule has 7 heteroatoms. The average molecular weight is 418 g/mol. The van der Waals surface area contributed by atoms with E-state index in [4.69, 9.17) is 16.2 Å². The monoisotopic (exact) mass is 417 g/mol. The normalized spacial score (nSPS) is 11.7. The van der Waals surface area contributed by atoms with Crippen LogP contribution in [-0.2, 0) is 13.6 Å². The summed E-state index contributed by atoms with van der Waals surface area (Å²) in [6.07, 6.45) is 0. The Balaban J connectivity index is 1.76. The molecule has 0 bridgehead atoms. The van der Waals surface area contributed by atoms with E-state index < -0.39 is 0 Å². The van der Waals surface area contributed by atoms with Gasteiger partial charge in [-0.2, -0.15) is 4.98 Å². The fourth-order valence-electron chi connectivity index (χ4n) is 3.66. The van der Waals surface area contributed by atoms with Crippen molar-refractivity contribution in [3.63, 3.8) is 0 Å². The van der Waals surface area contributed by atoms with Crippen molar-refractivity contribution in [1.29, 1.82) is 0 Å². The minimum absolute atomic E-state index is 0.0122. The average Bonchev–Trinajstić information content (AvgIpc) is 2.93. The Hall–Kier alpha value is -3.74. The Morgan fingerprint density at radius 2 is 1.77 bits per heavy atom. The minimum atomic E-state index is -0.0279. The van der Waals surface area contributed by atoms with Gasteiger partial charge in [0.15, 0.2) is 0 Å². The second-order valence-corrected chi connectivity index (χ2v) is 8.94. The summed E-state index contributed by atoms with van der Waals surface area (Å²) < 4.78 is 9.36. The maximum atomic E-state index is 12.8. The van der Waals surface area contributed by atoms with Crippen LogP contribution in [0, 0.1) is 5.41 Å². The van der Waals surface area contributed by atoms with Crippen molar-refractivity contribution in [2.75, 3.05) is 11.5 Å². The summed E-state index contributed by atoms with van der Waals surface area (Å²) in [6.45, 7) is 7.00. The number of fused-ring (bicyclic) bond motifs is 1. The van der Waals surface area contributed by atoms with Gasteiger partial charge in [-0.1, -0.05) is 32.9 Å². The number of hydrogen-bond donors (Lipinski definition) is 2. The van der Waals surface area contributed by atoms with Crippen LogP contribution in [0.5, 0.6) is 11.6 Å². The summed E-state index contributed by atoms with van der Waals surface area (Å²) >= 11 is 0. The first-order valence-corrected chi connectivity index (χ1v) is 10.1. The van der Waals surface area contributed by atoms with E-state index in [9.17, 15) is 4.79 Å². The molecular formula is C24H27N5O2. The molecule has 0 saturated heterocycles. The highest BCUT2D eigenvalue weighted by Crippen LogP contribution is 2.33. The van der Waals surface area contributed by atoms with Gasteiger partial charge >= 0.3 is 5.69 Å². The van der Waals surface area contributed by atoms with Crippen molar-refractivity contribution in [2.24, 2.45) is 12.5 Å². The van der Waals surface area contributed by atoms with Gasteiger partial charge in [-0.3, -0.25) is 9.13 Å². The molecule has 0 atom stereocenters. The number of rotatable bonds is 4. The molecule has 0 spiro atoms. The predicted molar refractivity (Wildman–Crippen MR) is 125 cm³/mol. The number of anilines is 2. The summed E-state index contributed by atoms with van der Waals surface area (Å²) in [6, 6.07) is 16.6. The smallest absolute Gasteiger partial charge is 0.328 e. The minimum Gasteiger partial charge on any atom is -0.439 e. The molecule has 0 aliphatic carbocycles. The van der Waals surface area contributed by atoms with E-state index >= 15 is 0 Å². The lowest BCUT2D eigenvalue weighted by molar-refractivity contribution is 0.342. The zero-order chi connectivity index (χ0) is 22.3. The van der Waals surface area contributed by atoms with E-state index in [0.717, 1.165) is 22.2 Å². The van der Waals surface area contributed by atoms with Gasteiger partial charge < -0.3 is 16.2 Å². The lowest BCUT2D eigenvalue weighted by atomic mass is 9.97. The van der Waals surface area contributed by atoms with Crippen LogP contribution in [0.1, 0.15) is 20.8 Å². The Labute approximate surface area is 180 Å². The number of nitrogens with two attached hydrogens (primary N) is 2. The molecule has 2 aromatic heterocycles. The third-order valence-corrected chi connectivity index (χ3v) is 5.08. The highest BCUT2D eigenvalue weighted by Gasteiger charge is 2.18. The molecule has 7 nitrogen and oxygen atoms in total. The Morgan fingerprint density at radius 3 is 2.48 bits per heavy atom. The fraction of sp³-hybridized carbons (Fsp3) is 0.250. The third-order valence-electron chi connectivity index (χ3n) is 5.08. The molecule has 0 amide bonds. The SMILES string of the molecule is Cn1c(=O)n(CC(C)(C)C)c2ccc(-c3cc(Oc4cccc(N)n4)ccc3N)cc21. The summed E-state index contributed by atoms with van der Waals surface area (Å²) in [5.41, 5.74) is 16.1. The maximum Gasteiger partial charge on any atom is 0.328 e. The quantitative estimate of drug-likeness (QED) is 0.479. The van der Waals surface area contributed by atoms with E-state index in [1.807, 2.05) is 28.8 Å². The number of aryl methyl sites for hydroxylation is 1. The van der Waals surface area contributed by atoms with E-state index in [-0.39, 0.29) is 11.1 Å².